The minimum atomic E-state index is -3.54. The lowest BCUT2D eigenvalue weighted by Gasteiger charge is -2.16. The van der Waals surface area contributed by atoms with E-state index in [-0.39, 0.29) is 4.90 Å². The molecule has 0 bridgehead atoms. The maximum absolute atomic E-state index is 12.6. The summed E-state index contributed by atoms with van der Waals surface area (Å²) >= 11 is 0. The Bertz CT molecular complexity index is 601. The number of sulfonamides is 1. The highest BCUT2D eigenvalue weighted by Gasteiger charge is 2.25. The molecule has 0 aromatic heterocycles. The van der Waals surface area contributed by atoms with Crippen molar-refractivity contribution in [2.45, 2.75) is 32.1 Å². The van der Waals surface area contributed by atoms with Gasteiger partial charge in [-0.15, -0.1) is 0 Å². The number of rotatable bonds is 7. The second-order valence-corrected chi connectivity index (χ2v) is 7.52. The number of likely N-dealkylation sites (tertiary alicyclic amines) is 1. The van der Waals surface area contributed by atoms with Crippen LogP contribution >= 0.6 is 0 Å². The molecule has 1 aromatic rings. The summed E-state index contributed by atoms with van der Waals surface area (Å²) in [6.07, 6.45) is 1.04. The van der Waals surface area contributed by atoms with E-state index in [0.717, 1.165) is 31.6 Å². The van der Waals surface area contributed by atoms with Gasteiger partial charge in [0.1, 0.15) is 10.6 Å². The second-order valence-electron chi connectivity index (χ2n) is 5.78. The normalized spacial score (nSPS) is 19.5. The van der Waals surface area contributed by atoms with E-state index < -0.39 is 10.0 Å². The van der Waals surface area contributed by atoms with Crippen molar-refractivity contribution in [1.29, 1.82) is 0 Å². The molecule has 0 radical (unpaired) electrons. The molecule has 0 aliphatic carbocycles. The Morgan fingerprint density at radius 3 is 2.77 bits per heavy atom. The second kappa shape index (κ2) is 7.44. The zero-order chi connectivity index (χ0) is 16.2. The molecule has 1 N–H and O–H groups in total. The molecule has 1 aliphatic heterocycles. The molecule has 1 aromatic carbocycles. The number of nitrogens with one attached hydrogen (secondary N) is 1. The Balaban J connectivity index is 2.08. The third-order valence-electron chi connectivity index (χ3n) is 4.07. The molecule has 1 fully saturated rings. The molecule has 22 heavy (non-hydrogen) atoms. The van der Waals surface area contributed by atoms with Gasteiger partial charge in [-0.1, -0.05) is 13.0 Å². The lowest BCUT2D eigenvalue weighted by molar-refractivity contribution is 0.330. The number of aryl methyl sites for hydroxylation is 1. The van der Waals surface area contributed by atoms with E-state index >= 15 is 0 Å². The van der Waals surface area contributed by atoms with Crippen molar-refractivity contribution in [3.63, 3.8) is 0 Å². The number of nitrogens with zero attached hydrogens (tertiary/aromatic N) is 1. The molecule has 2 rings (SSSR count). The summed E-state index contributed by atoms with van der Waals surface area (Å²) in [5, 5.41) is 0. The largest absolute Gasteiger partial charge is 0.492 e. The first-order chi connectivity index (χ1) is 10.5. The van der Waals surface area contributed by atoms with Gasteiger partial charge >= 0.3 is 0 Å². The Morgan fingerprint density at radius 2 is 2.14 bits per heavy atom. The monoisotopic (exact) mass is 326 g/mol. The molecule has 5 nitrogen and oxygen atoms in total. The van der Waals surface area contributed by atoms with Crippen molar-refractivity contribution in [1.82, 2.24) is 9.62 Å². The van der Waals surface area contributed by atoms with Gasteiger partial charge in [0.2, 0.25) is 10.0 Å². The first kappa shape index (κ1) is 17.2. The Labute approximate surface area is 133 Å². The lowest BCUT2D eigenvalue weighted by atomic mass is 10.1. The highest BCUT2D eigenvalue weighted by atomic mass is 32.2. The van der Waals surface area contributed by atoms with Crippen LogP contribution in [0.15, 0.2) is 23.1 Å². The van der Waals surface area contributed by atoms with Crippen LogP contribution in [0.25, 0.3) is 0 Å². The molecule has 1 unspecified atom stereocenters. The third-order valence-corrected chi connectivity index (χ3v) is 5.51. The summed E-state index contributed by atoms with van der Waals surface area (Å²) in [7, 11) is -3.54. The third kappa shape index (κ3) is 4.21. The number of ether oxygens (including phenoxy) is 1. The summed E-state index contributed by atoms with van der Waals surface area (Å²) in [4.78, 5) is 2.58. The average molecular weight is 326 g/mol. The van der Waals surface area contributed by atoms with Crippen molar-refractivity contribution >= 4 is 10.0 Å². The molecule has 1 heterocycles. The van der Waals surface area contributed by atoms with Gasteiger partial charge < -0.3 is 9.64 Å². The summed E-state index contributed by atoms with van der Waals surface area (Å²) in [6, 6.07) is 5.25. The zero-order valence-corrected chi connectivity index (χ0v) is 14.4. The van der Waals surface area contributed by atoms with Crippen LogP contribution in [0.5, 0.6) is 5.75 Å². The van der Waals surface area contributed by atoms with Crippen molar-refractivity contribution in [2.24, 2.45) is 5.92 Å². The minimum absolute atomic E-state index is 0.236. The quantitative estimate of drug-likeness (QED) is 0.833. The standard InChI is InChI=1S/C16H26N2O3S/c1-4-18-9-8-14(12-18)11-17-22(19,20)16-10-13(3)6-7-15(16)21-5-2/h6-7,10,14,17H,4-5,8-9,11-12H2,1-3H3. The maximum Gasteiger partial charge on any atom is 0.244 e. The van der Waals surface area contributed by atoms with Crippen molar-refractivity contribution in [3.05, 3.63) is 23.8 Å². The molecule has 1 aliphatic rings. The molecular formula is C16H26N2O3S. The maximum atomic E-state index is 12.6. The van der Waals surface area contributed by atoms with E-state index in [1.165, 1.54) is 0 Å². The van der Waals surface area contributed by atoms with Crippen LogP contribution in [0, 0.1) is 12.8 Å². The molecule has 0 spiro atoms. The molecule has 124 valence electrons. The lowest BCUT2D eigenvalue weighted by Crippen LogP contribution is -2.31. The molecule has 6 heteroatoms. The van der Waals surface area contributed by atoms with Gasteiger partial charge in [0.05, 0.1) is 6.61 Å². The highest BCUT2D eigenvalue weighted by molar-refractivity contribution is 7.89. The molecule has 0 saturated carbocycles. The van der Waals surface area contributed by atoms with E-state index in [1.807, 2.05) is 19.9 Å². The van der Waals surface area contributed by atoms with Crippen LogP contribution in [-0.2, 0) is 10.0 Å². The molecular weight excluding hydrogens is 300 g/mol. The van der Waals surface area contributed by atoms with Gasteiger partial charge in [-0.3, -0.25) is 0 Å². The number of hydrogen-bond donors (Lipinski definition) is 1. The summed E-state index contributed by atoms with van der Waals surface area (Å²) < 4.78 is 33.4. The van der Waals surface area contributed by atoms with Crippen LogP contribution in [0.2, 0.25) is 0 Å². The van der Waals surface area contributed by atoms with Gasteiger partial charge in [-0.25, -0.2) is 13.1 Å². The predicted molar refractivity (Wildman–Crippen MR) is 87.8 cm³/mol. The fraction of sp³-hybridized carbons (Fsp3) is 0.625. The minimum Gasteiger partial charge on any atom is -0.492 e. The first-order valence-corrected chi connectivity index (χ1v) is 9.40. The van der Waals surface area contributed by atoms with Crippen LogP contribution in [0.3, 0.4) is 0 Å². The van der Waals surface area contributed by atoms with Crippen LogP contribution in [-0.4, -0.2) is 46.1 Å². The fourth-order valence-corrected chi connectivity index (χ4v) is 4.12. The molecule has 1 saturated heterocycles. The highest BCUT2D eigenvalue weighted by Crippen LogP contribution is 2.25. The van der Waals surface area contributed by atoms with Crippen LogP contribution in [0.1, 0.15) is 25.8 Å². The molecule has 0 amide bonds. The van der Waals surface area contributed by atoms with Crippen LogP contribution in [0.4, 0.5) is 0 Å². The molecule has 1 atom stereocenters. The summed E-state index contributed by atoms with van der Waals surface area (Å²) in [5.74, 6) is 0.803. The number of benzene rings is 1. The van der Waals surface area contributed by atoms with E-state index in [9.17, 15) is 8.42 Å². The van der Waals surface area contributed by atoms with E-state index in [1.54, 1.807) is 12.1 Å². The average Bonchev–Trinajstić information content (AvgIpc) is 2.95. The smallest absolute Gasteiger partial charge is 0.244 e. The first-order valence-electron chi connectivity index (χ1n) is 7.91. The van der Waals surface area contributed by atoms with E-state index in [0.29, 0.717) is 24.8 Å². The van der Waals surface area contributed by atoms with Gasteiger partial charge in [0.25, 0.3) is 0 Å². The fourth-order valence-electron chi connectivity index (χ4n) is 2.77. The van der Waals surface area contributed by atoms with Crippen LogP contribution < -0.4 is 9.46 Å². The predicted octanol–water partition coefficient (Wildman–Crippen LogP) is 2.01. The van der Waals surface area contributed by atoms with Gasteiger partial charge in [-0.05, 0) is 57.0 Å². The topological polar surface area (TPSA) is 58.6 Å². The van der Waals surface area contributed by atoms with Gasteiger partial charge in [0.15, 0.2) is 0 Å². The van der Waals surface area contributed by atoms with Crippen molar-refractivity contribution in [2.75, 3.05) is 32.8 Å². The summed E-state index contributed by atoms with van der Waals surface area (Å²) in [6.45, 7) is 9.83. The van der Waals surface area contributed by atoms with Crippen molar-refractivity contribution < 1.29 is 13.2 Å². The Morgan fingerprint density at radius 1 is 1.36 bits per heavy atom. The summed E-state index contributed by atoms with van der Waals surface area (Å²) in [5.41, 5.74) is 0.904. The zero-order valence-electron chi connectivity index (χ0n) is 13.6. The van der Waals surface area contributed by atoms with Gasteiger partial charge in [0, 0.05) is 13.1 Å². The van der Waals surface area contributed by atoms with E-state index in [2.05, 4.69) is 16.5 Å². The van der Waals surface area contributed by atoms with Gasteiger partial charge in [-0.2, -0.15) is 0 Å². The van der Waals surface area contributed by atoms with E-state index in [4.69, 9.17) is 4.74 Å². The number of hydrogen-bond acceptors (Lipinski definition) is 4. The Hall–Kier alpha value is -1.11. The van der Waals surface area contributed by atoms with Crippen molar-refractivity contribution in [3.8, 4) is 5.75 Å². The Kier molecular flexibility index (Phi) is 5.83. The SMILES string of the molecule is CCOc1ccc(C)cc1S(=O)(=O)NCC1CCN(CC)C1.